The quantitative estimate of drug-likeness (QED) is 0.113. The molecule has 0 atom stereocenters. The van der Waals surface area contributed by atoms with E-state index in [1.165, 1.54) is 24.3 Å². The van der Waals surface area contributed by atoms with Crippen LogP contribution in [0.3, 0.4) is 0 Å². The fourth-order valence-corrected chi connectivity index (χ4v) is 101. The molecule has 0 saturated heterocycles. The summed E-state index contributed by atoms with van der Waals surface area (Å²) in [5.74, 6) is 0. The van der Waals surface area contributed by atoms with Crippen LogP contribution in [-0.4, -0.2) is 56.2 Å². The molecule has 308 valence electrons. The summed E-state index contributed by atoms with van der Waals surface area (Å²) in [7, 11) is -9.57. The second kappa shape index (κ2) is 16.9. The molecule has 0 aliphatic rings. The van der Waals surface area contributed by atoms with E-state index in [1.54, 1.807) is 24.3 Å². The fraction of sp³-hybridized carbons (Fsp3) is 0.0400. The predicted octanol–water partition coefficient (Wildman–Crippen LogP) is 6.67. The van der Waals surface area contributed by atoms with Crippen molar-refractivity contribution in [1.29, 1.82) is 0 Å². The third-order valence-corrected chi connectivity index (χ3v) is 77.2. The van der Waals surface area contributed by atoms with E-state index in [0.29, 0.717) is 19.6 Å². The molecule has 7 nitrogen and oxygen atoms in total. The van der Waals surface area contributed by atoms with E-state index in [-0.39, 0.29) is 9.79 Å². The Morgan fingerprint density at radius 3 is 0.689 bits per heavy atom. The second-order valence-electron chi connectivity index (χ2n) is 14.7. The summed E-state index contributed by atoms with van der Waals surface area (Å²) >= 11 is -14.7. The molecular formula is C50H44Bi2O7S2. The minimum absolute atomic E-state index is 0.0892. The molecule has 0 fully saturated rings. The van der Waals surface area contributed by atoms with Crippen molar-refractivity contribution in [3.8, 4) is 0 Å². The molecule has 0 N–H and O–H groups in total. The molecule has 0 heterocycles. The van der Waals surface area contributed by atoms with E-state index in [4.69, 9.17) is 5.41 Å². The maximum absolute atomic E-state index is 15.6. The first-order valence-electron chi connectivity index (χ1n) is 19.6. The average molecular weight is 1240 g/mol. The van der Waals surface area contributed by atoms with Gasteiger partial charge in [-0.25, -0.2) is 0 Å². The van der Waals surface area contributed by atoms with Crippen LogP contribution in [0.4, 0.5) is 0 Å². The van der Waals surface area contributed by atoms with Crippen molar-refractivity contribution in [3.63, 3.8) is 0 Å². The Hall–Kier alpha value is -4.69. The standard InChI is InChI=1S/2C7H8O3S.6C6H5.2Bi.O/c2*1-6-2-4-7(5-3-6)11(8,9)10;6*1-2-4-6-5-3-1;;;/h2*2-5H,1H3,(H,8,9,10);6*1-5H;;;/q;;;;;;;;2*+1;/p-2. The second-order valence-corrected chi connectivity index (χ2v) is 54.4. The summed E-state index contributed by atoms with van der Waals surface area (Å²) in [6.45, 7) is 3.75. The van der Waals surface area contributed by atoms with Gasteiger partial charge in [0.2, 0.25) is 0 Å². The first-order valence-corrected chi connectivity index (χ1v) is 38.5. The number of hydrogen-bond donors (Lipinski definition) is 0. The van der Waals surface area contributed by atoms with Crippen molar-refractivity contribution >= 4 is 79.2 Å². The Morgan fingerprint density at radius 1 is 0.295 bits per heavy atom. The van der Waals surface area contributed by atoms with Crippen LogP contribution in [0.25, 0.3) is 0 Å². The first-order chi connectivity index (χ1) is 29.4. The van der Waals surface area contributed by atoms with Crippen LogP contribution < -0.4 is 19.6 Å². The van der Waals surface area contributed by atoms with Gasteiger partial charge >= 0.3 is 367 Å². The van der Waals surface area contributed by atoms with Crippen LogP contribution in [0.2, 0.25) is 0 Å². The van der Waals surface area contributed by atoms with Gasteiger partial charge in [0.05, 0.1) is 0 Å². The molecule has 0 radical (unpaired) electrons. The van der Waals surface area contributed by atoms with Gasteiger partial charge in [-0.15, -0.1) is 0 Å². The third kappa shape index (κ3) is 7.44. The molecule has 0 spiro atoms. The SMILES string of the molecule is Cc1ccc(S(=O)(=O)[O][Bi]([O][Bi]([O]S(=O)(=O)c2ccc(C)cc2)([c]2ccccc2)([c]2ccccc2)[c]2ccccc2)([c]2ccccc2)([c]2ccccc2)[c]2ccccc2)cc1. The Morgan fingerprint density at radius 2 is 0.492 bits per heavy atom. The maximum atomic E-state index is 15.6. The minimum atomic E-state index is -7.37. The van der Waals surface area contributed by atoms with E-state index < -0.39 is 59.6 Å². The fourth-order valence-electron chi connectivity index (χ4n) is 7.82. The van der Waals surface area contributed by atoms with Gasteiger partial charge < -0.3 is 0 Å². The van der Waals surface area contributed by atoms with Gasteiger partial charge in [-0.05, 0) is 0 Å². The molecule has 8 aromatic rings. The van der Waals surface area contributed by atoms with E-state index in [1.807, 2.05) is 196 Å². The van der Waals surface area contributed by atoms with Crippen molar-refractivity contribution in [2.75, 3.05) is 0 Å². The Kier molecular flexibility index (Phi) is 11.9. The van der Waals surface area contributed by atoms with Gasteiger partial charge in [-0.2, -0.15) is 0 Å². The van der Waals surface area contributed by atoms with Gasteiger partial charge in [0.1, 0.15) is 0 Å². The van der Waals surface area contributed by atoms with Crippen molar-refractivity contribution < 1.29 is 22.2 Å². The number of rotatable bonds is 14. The van der Waals surface area contributed by atoms with Gasteiger partial charge in [-0.1, -0.05) is 0 Å². The summed E-state index contributed by atoms with van der Waals surface area (Å²) in [4.78, 5) is -0.178. The summed E-state index contributed by atoms with van der Waals surface area (Å²) in [5, 5.41) is 0. The molecule has 0 aliphatic carbocycles. The predicted molar refractivity (Wildman–Crippen MR) is 248 cm³/mol. The van der Waals surface area contributed by atoms with Crippen LogP contribution in [-0.2, 0) is 25.6 Å². The monoisotopic (exact) mass is 1240 g/mol. The molecule has 0 bridgehead atoms. The average Bonchev–Trinajstić information content (AvgIpc) is 3.30. The summed E-state index contributed by atoms with van der Waals surface area (Å²) in [5.41, 5.74) is 1.71. The first kappa shape index (κ1) is 43.0. The Labute approximate surface area is 363 Å². The molecule has 8 rings (SSSR count). The van der Waals surface area contributed by atoms with Crippen molar-refractivity contribution in [3.05, 3.63) is 242 Å². The van der Waals surface area contributed by atoms with Crippen LogP contribution in [0, 0.1) is 13.8 Å². The van der Waals surface area contributed by atoms with Gasteiger partial charge in [0.25, 0.3) is 0 Å². The molecule has 11 heteroatoms. The number of hydrogen-bond acceptors (Lipinski definition) is 7. The number of aryl methyl sites for hydroxylation is 2. The third-order valence-electron chi connectivity index (χ3n) is 10.8. The zero-order chi connectivity index (χ0) is 42.7. The number of benzene rings is 8. The molecule has 0 saturated carbocycles. The van der Waals surface area contributed by atoms with E-state index in [9.17, 15) is 0 Å². The Balaban J connectivity index is 1.68. The van der Waals surface area contributed by atoms with Crippen molar-refractivity contribution in [2.45, 2.75) is 23.6 Å². The van der Waals surface area contributed by atoms with Crippen LogP contribution >= 0.6 is 0 Å². The van der Waals surface area contributed by atoms with Crippen molar-refractivity contribution in [1.82, 2.24) is 0 Å². The normalized spacial score (nSPS) is 13.6. The van der Waals surface area contributed by atoms with E-state index in [0.717, 1.165) is 11.1 Å². The Bertz CT molecular complexity index is 2570. The molecule has 0 aromatic heterocycles. The van der Waals surface area contributed by atoms with Gasteiger partial charge in [-0.3, -0.25) is 0 Å². The van der Waals surface area contributed by atoms with Crippen LogP contribution in [0.5, 0.6) is 0 Å². The molecule has 0 unspecified atom stereocenters. The topological polar surface area (TPSA) is 96.0 Å². The molecule has 0 amide bonds. The molecular weight excluding hydrogens is 1190 g/mol. The van der Waals surface area contributed by atoms with E-state index in [2.05, 4.69) is 0 Å². The van der Waals surface area contributed by atoms with E-state index >= 15 is 16.8 Å². The van der Waals surface area contributed by atoms with Crippen LogP contribution in [0.1, 0.15) is 11.1 Å². The zero-order valence-corrected chi connectivity index (χ0v) is 42.1. The summed E-state index contributed by atoms with van der Waals surface area (Å²) in [6.07, 6.45) is 0. The molecule has 8 aromatic carbocycles. The molecule has 0 aliphatic heterocycles. The van der Waals surface area contributed by atoms with Crippen molar-refractivity contribution in [2.24, 2.45) is 0 Å². The summed E-state index contributed by atoms with van der Waals surface area (Å²) in [6, 6.07) is 67.9. The summed E-state index contributed by atoms with van der Waals surface area (Å²) < 4.78 is 88.8. The van der Waals surface area contributed by atoms with Gasteiger partial charge in [0.15, 0.2) is 0 Å². The zero-order valence-electron chi connectivity index (χ0n) is 33.5. The van der Waals surface area contributed by atoms with Crippen LogP contribution in [0.15, 0.2) is 240 Å². The molecule has 61 heavy (non-hydrogen) atoms. The van der Waals surface area contributed by atoms with Gasteiger partial charge in [0, 0.05) is 0 Å².